The zero-order chi connectivity index (χ0) is 14.8. The lowest BCUT2D eigenvalue weighted by Gasteiger charge is -2.11. The third-order valence-electron chi connectivity index (χ3n) is 3.50. The van der Waals surface area contributed by atoms with Gasteiger partial charge in [0, 0.05) is 10.6 Å². The maximum absolute atomic E-state index is 11.1. The number of halogens is 1. The molecule has 110 valence electrons. The van der Waals surface area contributed by atoms with Crippen molar-refractivity contribution in [1.29, 1.82) is 0 Å². The van der Waals surface area contributed by atoms with Crippen LogP contribution in [0.2, 0.25) is 5.02 Å². The molecule has 1 fully saturated rings. The first kappa shape index (κ1) is 14.1. The number of oxazole rings is 1. The molecular weight excluding hydrogens is 292 g/mol. The summed E-state index contributed by atoms with van der Waals surface area (Å²) in [6.45, 7) is 0.300. The number of nitrogens with zero attached hydrogens (tertiary/aromatic N) is 1. The number of aromatic nitrogens is 1. The largest absolute Gasteiger partial charge is 0.480 e. The lowest BCUT2D eigenvalue weighted by Crippen LogP contribution is -2.38. The van der Waals surface area contributed by atoms with Gasteiger partial charge in [-0.2, -0.15) is 0 Å². The predicted molar refractivity (Wildman–Crippen MR) is 77.9 cm³/mol. The minimum atomic E-state index is -0.820. The van der Waals surface area contributed by atoms with Crippen molar-refractivity contribution < 1.29 is 14.3 Å². The minimum Gasteiger partial charge on any atom is -0.480 e. The number of carboxylic acid groups (broad SMARTS) is 1. The fourth-order valence-corrected chi connectivity index (χ4v) is 2.44. The van der Waals surface area contributed by atoms with Crippen LogP contribution in [0.25, 0.3) is 11.3 Å². The Kier molecular flexibility index (Phi) is 3.94. The van der Waals surface area contributed by atoms with Crippen molar-refractivity contribution in [2.24, 2.45) is 5.92 Å². The van der Waals surface area contributed by atoms with Crippen LogP contribution in [0.3, 0.4) is 0 Å². The molecule has 6 heteroatoms. The first-order valence-electron chi connectivity index (χ1n) is 6.80. The molecular formula is C15H15ClN2O3. The van der Waals surface area contributed by atoms with Gasteiger partial charge < -0.3 is 9.52 Å². The van der Waals surface area contributed by atoms with Gasteiger partial charge in [-0.3, -0.25) is 10.1 Å². The van der Waals surface area contributed by atoms with Crippen LogP contribution in [-0.2, 0) is 11.3 Å². The molecule has 2 aromatic rings. The summed E-state index contributed by atoms with van der Waals surface area (Å²) < 4.78 is 5.63. The Morgan fingerprint density at radius 1 is 1.52 bits per heavy atom. The van der Waals surface area contributed by atoms with E-state index in [0.717, 1.165) is 18.4 Å². The van der Waals surface area contributed by atoms with Crippen LogP contribution in [0.4, 0.5) is 0 Å². The maximum atomic E-state index is 11.1. The van der Waals surface area contributed by atoms with E-state index in [0.29, 0.717) is 23.2 Å². The van der Waals surface area contributed by atoms with Gasteiger partial charge in [-0.25, -0.2) is 4.98 Å². The van der Waals surface area contributed by atoms with Gasteiger partial charge in [0.1, 0.15) is 6.04 Å². The van der Waals surface area contributed by atoms with Crippen molar-refractivity contribution in [3.8, 4) is 11.3 Å². The summed E-state index contributed by atoms with van der Waals surface area (Å²) >= 11 is 5.94. The van der Waals surface area contributed by atoms with Crippen molar-refractivity contribution in [1.82, 2.24) is 10.3 Å². The second-order valence-electron chi connectivity index (χ2n) is 5.16. The predicted octanol–water partition coefficient (Wildman–Crippen LogP) is 2.95. The molecule has 21 heavy (non-hydrogen) atoms. The average Bonchev–Trinajstić information content (AvgIpc) is 3.16. The molecule has 2 N–H and O–H groups in total. The second-order valence-corrected chi connectivity index (χ2v) is 5.60. The number of hydrogen-bond donors (Lipinski definition) is 2. The highest BCUT2D eigenvalue weighted by molar-refractivity contribution is 6.30. The van der Waals surface area contributed by atoms with E-state index in [-0.39, 0.29) is 5.92 Å². The molecule has 1 saturated carbocycles. The zero-order valence-electron chi connectivity index (χ0n) is 11.3. The number of benzene rings is 1. The van der Waals surface area contributed by atoms with Gasteiger partial charge in [0.15, 0.2) is 5.76 Å². The Morgan fingerprint density at radius 3 is 3.00 bits per heavy atom. The summed E-state index contributed by atoms with van der Waals surface area (Å²) in [5, 5.41) is 12.8. The molecule has 1 atom stereocenters. The number of hydrogen-bond acceptors (Lipinski definition) is 4. The normalized spacial score (nSPS) is 15.9. The Hall–Kier alpha value is -1.85. The van der Waals surface area contributed by atoms with E-state index in [1.54, 1.807) is 18.3 Å². The topological polar surface area (TPSA) is 75.4 Å². The van der Waals surface area contributed by atoms with Crippen molar-refractivity contribution in [2.45, 2.75) is 25.4 Å². The number of aliphatic carboxylic acids is 1. The molecule has 0 amide bonds. The summed E-state index contributed by atoms with van der Waals surface area (Å²) in [6, 6.07) is 6.78. The number of carboxylic acids is 1. The molecule has 0 radical (unpaired) electrons. The molecule has 1 aliphatic carbocycles. The molecule has 1 aromatic heterocycles. The van der Waals surface area contributed by atoms with Crippen molar-refractivity contribution in [3.63, 3.8) is 0 Å². The van der Waals surface area contributed by atoms with Gasteiger partial charge in [-0.1, -0.05) is 23.7 Å². The number of rotatable bonds is 6. The minimum absolute atomic E-state index is 0.227. The van der Waals surface area contributed by atoms with E-state index in [9.17, 15) is 4.79 Å². The van der Waals surface area contributed by atoms with E-state index in [1.165, 1.54) is 0 Å². The molecule has 5 nitrogen and oxygen atoms in total. The van der Waals surface area contributed by atoms with Gasteiger partial charge in [0.05, 0.1) is 12.7 Å². The SMILES string of the molecule is O=C(O)C(NCc1ncc(-c2cccc(Cl)c2)o1)C1CC1. The molecule has 0 bridgehead atoms. The molecule has 0 spiro atoms. The summed E-state index contributed by atoms with van der Waals surface area (Å²) in [5.74, 6) is 0.494. The zero-order valence-corrected chi connectivity index (χ0v) is 12.0. The van der Waals surface area contributed by atoms with E-state index >= 15 is 0 Å². The molecule has 1 unspecified atom stereocenters. The number of carbonyl (C=O) groups is 1. The van der Waals surface area contributed by atoms with Crippen LogP contribution in [0.1, 0.15) is 18.7 Å². The monoisotopic (exact) mass is 306 g/mol. The Bertz CT molecular complexity index is 652. The van der Waals surface area contributed by atoms with Crippen molar-refractivity contribution in [3.05, 3.63) is 41.4 Å². The van der Waals surface area contributed by atoms with Crippen molar-refractivity contribution in [2.75, 3.05) is 0 Å². The van der Waals surface area contributed by atoms with Crippen molar-refractivity contribution >= 4 is 17.6 Å². The summed E-state index contributed by atoms with van der Waals surface area (Å²) in [7, 11) is 0. The Morgan fingerprint density at radius 2 is 2.33 bits per heavy atom. The van der Waals surface area contributed by atoms with Crippen LogP contribution in [0, 0.1) is 5.92 Å². The first-order valence-corrected chi connectivity index (χ1v) is 7.18. The number of nitrogens with one attached hydrogen (secondary N) is 1. The van der Waals surface area contributed by atoms with Crippen LogP contribution in [0.15, 0.2) is 34.9 Å². The highest BCUT2D eigenvalue weighted by atomic mass is 35.5. The van der Waals surface area contributed by atoms with Gasteiger partial charge >= 0.3 is 5.97 Å². The molecule has 0 saturated heterocycles. The summed E-state index contributed by atoms with van der Waals surface area (Å²) in [4.78, 5) is 15.3. The lowest BCUT2D eigenvalue weighted by atomic mass is 10.2. The average molecular weight is 307 g/mol. The Balaban J connectivity index is 1.66. The van der Waals surface area contributed by atoms with Crippen LogP contribution < -0.4 is 5.32 Å². The fraction of sp³-hybridized carbons (Fsp3) is 0.333. The smallest absolute Gasteiger partial charge is 0.320 e. The molecule has 1 heterocycles. The van der Waals surface area contributed by atoms with Gasteiger partial charge in [0.2, 0.25) is 5.89 Å². The van der Waals surface area contributed by atoms with E-state index < -0.39 is 12.0 Å². The molecule has 3 rings (SSSR count). The van der Waals surface area contributed by atoms with Crippen LogP contribution >= 0.6 is 11.6 Å². The lowest BCUT2D eigenvalue weighted by molar-refractivity contribution is -0.140. The van der Waals surface area contributed by atoms with Crippen LogP contribution in [0.5, 0.6) is 0 Å². The molecule has 1 aromatic carbocycles. The summed E-state index contributed by atoms with van der Waals surface area (Å²) in [5.41, 5.74) is 0.846. The third-order valence-corrected chi connectivity index (χ3v) is 3.73. The highest BCUT2D eigenvalue weighted by Gasteiger charge is 2.35. The third kappa shape index (κ3) is 3.43. The van der Waals surface area contributed by atoms with E-state index in [4.69, 9.17) is 21.1 Å². The maximum Gasteiger partial charge on any atom is 0.320 e. The second kappa shape index (κ2) is 5.87. The summed E-state index contributed by atoms with van der Waals surface area (Å²) in [6.07, 6.45) is 3.54. The molecule has 1 aliphatic rings. The van der Waals surface area contributed by atoms with Gasteiger partial charge in [-0.05, 0) is 30.9 Å². The quantitative estimate of drug-likeness (QED) is 0.858. The highest BCUT2D eigenvalue weighted by Crippen LogP contribution is 2.33. The van der Waals surface area contributed by atoms with Gasteiger partial charge in [0.25, 0.3) is 0 Å². The molecule has 0 aliphatic heterocycles. The van der Waals surface area contributed by atoms with E-state index in [2.05, 4.69) is 10.3 Å². The fourth-order valence-electron chi connectivity index (χ4n) is 2.25. The first-order chi connectivity index (χ1) is 10.1. The van der Waals surface area contributed by atoms with Gasteiger partial charge in [-0.15, -0.1) is 0 Å². The Labute approximate surface area is 126 Å². The van der Waals surface area contributed by atoms with Crippen LogP contribution in [-0.4, -0.2) is 22.1 Å². The standard InChI is InChI=1S/C15H15ClN2O3/c16-11-3-1-2-10(6-11)12-7-17-13(21-12)8-18-14(15(19)20)9-4-5-9/h1-3,6-7,9,14,18H,4-5,8H2,(H,19,20). The van der Waals surface area contributed by atoms with E-state index in [1.807, 2.05) is 12.1 Å².